The fraction of sp³-hybridized carbons (Fsp3) is 0.562. The van der Waals surface area contributed by atoms with E-state index in [9.17, 15) is 9.90 Å². The lowest BCUT2D eigenvalue weighted by Gasteiger charge is -2.26. The predicted octanol–water partition coefficient (Wildman–Crippen LogP) is 2.37. The quantitative estimate of drug-likeness (QED) is 0.919. The molecule has 0 bridgehead atoms. The maximum atomic E-state index is 11.4. The Hall–Kier alpha value is -1.55. The molecule has 4 heteroatoms. The summed E-state index contributed by atoms with van der Waals surface area (Å²) in [6.07, 6.45) is 3.76. The predicted molar refractivity (Wildman–Crippen MR) is 79.6 cm³/mol. The highest BCUT2D eigenvalue weighted by molar-refractivity contribution is 5.95. The molecule has 1 aromatic carbocycles. The minimum absolute atomic E-state index is 0.437. The molecule has 2 aliphatic rings. The summed E-state index contributed by atoms with van der Waals surface area (Å²) in [6.45, 7) is 6.35. The van der Waals surface area contributed by atoms with Gasteiger partial charge in [-0.3, -0.25) is 4.90 Å². The van der Waals surface area contributed by atoms with Crippen molar-refractivity contribution in [3.8, 4) is 0 Å². The molecule has 1 atom stereocenters. The first-order valence-electron chi connectivity index (χ1n) is 7.48. The third-order valence-corrected chi connectivity index (χ3v) is 4.60. The topological polar surface area (TPSA) is 43.8 Å². The minimum Gasteiger partial charge on any atom is -0.478 e. The third kappa shape index (κ3) is 2.40. The maximum Gasteiger partial charge on any atom is 0.337 e. The molecular weight excluding hydrogens is 252 g/mol. The van der Waals surface area contributed by atoms with Crippen LogP contribution in [-0.4, -0.2) is 48.2 Å². The van der Waals surface area contributed by atoms with Crippen LogP contribution in [0.2, 0.25) is 0 Å². The average molecular weight is 274 g/mol. The highest BCUT2D eigenvalue weighted by Gasteiger charge is 2.31. The standard InChI is InChI=1S/C16H22N2O2/c1-12-5-4-6-14(16(19)20)15(12)18-10-7-13(11-18)17-8-2-3-9-17/h4-6,13H,2-3,7-11H2,1H3,(H,19,20). The Morgan fingerprint density at radius 2 is 2.00 bits per heavy atom. The van der Waals surface area contributed by atoms with Gasteiger partial charge in [0.25, 0.3) is 0 Å². The van der Waals surface area contributed by atoms with E-state index in [0.29, 0.717) is 11.6 Å². The van der Waals surface area contributed by atoms with Crippen LogP contribution in [0, 0.1) is 6.92 Å². The van der Waals surface area contributed by atoms with Crippen LogP contribution in [0.3, 0.4) is 0 Å². The van der Waals surface area contributed by atoms with Gasteiger partial charge in [0, 0.05) is 19.1 Å². The molecule has 1 aromatic rings. The van der Waals surface area contributed by atoms with Gasteiger partial charge in [0.1, 0.15) is 0 Å². The van der Waals surface area contributed by atoms with Crippen LogP contribution in [0.25, 0.3) is 0 Å². The first-order valence-corrected chi connectivity index (χ1v) is 7.48. The summed E-state index contributed by atoms with van der Waals surface area (Å²) in [5.74, 6) is -0.826. The van der Waals surface area contributed by atoms with Crippen LogP contribution in [0.1, 0.15) is 35.2 Å². The number of rotatable bonds is 3. The number of anilines is 1. The molecule has 0 aromatic heterocycles. The summed E-state index contributed by atoms with van der Waals surface area (Å²) in [4.78, 5) is 16.3. The molecule has 3 rings (SSSR count). The van der Waals surface area contributed by atoms with Gasteiger partial charge in [-0.05, 0) is 50.9 Å². The van der Waals surface area contributed by atoms with E-state index in [2.05, 4.69) is 9.80 Å². The Morgan fingerprint density at radius 3 is 2.70 bits per heavy atom. The highest BCUT2D eigenvalue weighted by Crippen LogP contribution is 2.30. The zero-order valence-electron chi connectivity index (χ0n) is 12.0. The van der Waals surface area contributed by atoms with E-state index in [1.54, 1.807) is 6.07 Å². The van der Waals surface area contributed by atoms with Crippen molar-refractivity contribution in [3.05, 3.63) is 29.3 Å². The molecule has 0 amide bonds. The number of nitrogens with zero attached hydrogens (tertiary/aromatic N) is 2. The zero-order chi connectivity index (χ0) is 14.1. The summed E-state index contributed by atoms with van der Waals surface area (Å²) in [6, 6.07) is 6.15. The van der Waals surface area contributed by atoms with Crippen LogP contribution >= 0.6 is 0 Å². The maximum absolute atomic E-state index is 11.4. The van der Waals surface area contributed by atoms with Crippen LogP contribution in [-0.2, 0) is 0 Å². The molecular formula is C16H22N2O2. The molecule has 2 aliphatic heterocycles. The van der Waals surface area contributed by atoms with Crippen molar-refractivity contribution in [2.75, 3.05) is 31.1 Å². The SMILES string of the molecule is Cc1cccc(C(=O)O)c1N1CCC(N2CCCC2)C1. The van der Waals surface area contributed by atoms with E-state index in [1.807, 2.05) is 19.1 Å². The molecule has 20 heavy (non-hydrogen) atoms. The fourth-order valence-electron chi connectivity index (χ4n) is 3.60. The number of carboxylic acids is 1. The zero-order valence-corrected chi connectivity index (χ0v) is 12.0. The van der Waals surface area contributed by atoms with Gasteiger partial charge in [-0.2, -0.15) is 0 Å². The average Bonchev–Trinajstić information content (AvgIpc) is 3.09. The van der Waals surface area contributed by atoms with Crippen molar-refractivity contribution < 1.29 is 9.90 Å². The third-order valence-electron chi connectivity index (χ3n) is 4.60. The van der Waals surface area contributed by atoms with Crippen LogP contribution in [0.5, 0.6) is 0 Å². The first kappa shape index (κ1) is 13.4. The molecule has 0 saturated carbocycles. The molecule has 1 N–H and O–H groups in total. The normalized spacial score (nSPS) is 23.4. The van der Waals surface area contributed by atoms with Gasteiger partial charge in [0.15, 0.2) is 0 Å². The molecule has 108 valence electrons. The number of hydrogen-bond donors (Lipinski definition) is 1. The van der Waals surface area contributed by atoms with Gasteiger partial charge < -0.3 is 10.0 Å². The lowest BCUT2D eigenvalue weighted by Crippen LogP contribution is -2.35. The Labute approximate surface area is 120 Å². The number of aromatic carboxylic acids is 1. The van der Waals surface area contributed by atoms with Crippen molar-refractivity contribution in [2.24, 2.45) is 0 Å². The van der Waals surface area contributed by atoms with Gasteiger partial charge in [-0.25, -0.2) is 4.79 Å². The number of benzene rings is 1. The molecule has 2 fully saturated rings. The van der Waals surface area contributed by atoms with Crippen molar-refractivity contribution in [2.45, 2.75) is 32.2 Å². The van der Waals surface area contributed by atoms with Crippen LogP contribution in [0.15, 0.2) is 18.2 Å². The monoisotopic (exact) mass is 274 g/mol. The van der Waals surface area contributed by atoms with Crippen LogP contribution < -0.4 is 4.90 Å². The first-order chi connectivity index (χ1) is 9.66. The van der Waals surface area contributed by atoms with E-state index in [4.69, 9.17) is 0 Å². The molecule has 4 nitrogen and oxygen atoms in total. The van der Waals surface area contributed by atoms with E-state index in [0.717, 1.165) is 30.8 Å². The Morgan fingerprint density at radius 1 is 1.25 bits per heavy atom. The summed E-state index contributed by atoms with van der Waals surface area (Å²) in [7, 11) is 0. The minimum atomic E-state index is -0.826. The molecule has 0 radical (unpaired) electrons. The second-order valence-corrected chi connectivity index (χ2v) is 5.91. The van der Waals surface area contributed by atoms with Crippen molar-refractivity contribution >= 4 is 11.7 Å². The molecule has 2 saturated heterocycles. The second kappa shape index (κ2) is 5.44. The van der Waals surface area contributed by atoms with E-state index in [-0.39, 0.29) is 0 Å². The summed E-state index contributed by atoms with van der Waals surface area (Å²) in [5.41, 5.74) is 2.42. The van der Waals surface area contributed by atoms with Crippen molar-refractivity contribution in [1.82, 2.24) is 4.90 Å². The van der Waals surface area contributed by atoms with Gasteiger partial charge in [0.2, 0.25) is 0 Å². The van der Waals surface area contributed by atoms with E-state index >= 15 is 0 Å². The van der Waals surface area contributed by atoms with E-state index in [1.165, 1.54) is 25.9 Å². The Kier molecular flexibility index (Phi) is 3.66. The number of aryl methyl sites for hydroxylation is 1. The molecule has 2 heterocycles. The lowest BCUT2D eigenvalue weighted by molar-refractivity contribution is 0.0697. The van der Waals surface area contributed by atoms with Crippen molar-refractivity contribution in [3.63, 3.8) is 0 Å². The Bertz CT molecular complexity index is 509. The summed E-state index contributed by atoms with van der Waals surface area (Å²) >= 11 is 0. The number of carbonyl (C=O) groups is 1. The number of para-hydroxylation sites is 1. The molecule has 0 spiro atoms. The largest absolute Gasteiger partial charge is 0.478 e. The van der Waals surface area contributed by atoms with Gasteiger partial charge >= 0.3 is 5.97 Å². The molecule has 0 aliphatic carbocycles. The Balaban J connectivity index is 1.82. The lowest BCUT2D eigenvalue weighted by atomic mass is 10.1. The van der Waals surface area contributed by atoms with E-state index < -0.39 is 5.97 Å². The van der Waals surface area contributed by atoms with Crippen LogP contribution in [0.4, 0.5) is 5.69 Å². The van der Waals surface area contributed by atoms with Gasteiger partial charge in [-0.15, -0.1) is 0 Å². The number of carboxylic acid groups (broad SMARTS) is 1. The number of likely N-dealkylation sites (tertiary alicyclic amines) is 1. The second-order valence-electron chi connectivity index (χ2n) is 5.91. The summed E-state index contributed by atoms with van der Waals surface area (Å²) < 4.78 is 0. The van der Waals surface area contributed by atoms with Gasteiger partial charge in [-0.1, -0.05) is 12.1 Å². The number of hydrogen-bond acceptors (Lipinski definition) is 3. The highest BCUT2D eigenvalue weighted by atomic mass is 16.4. The van der Waals surface area contributed by atoms with Crippen molar-refractivity contribution in [1.29, 1.82) is 0 Å². The smallest absolute Gasteiger partial charge is 0.337 e. The molecule has 1 unspecified atom stereocenters. The fourth-order valence-corrected chi connectivity index (χ4v) is 3.60. The summed E-state index contributed by atoms with van der Waals surface area (Å²) in [5, 5.41) is 9.39. The van der Waals surface area contributed by atoms with Gasteiger partial charge in [0.05, 0.1) is 11.3 Å².